The number of carboxylic acid groups (broad SMARTS) is 1. The third-order valence-electron chi connectivity index (χ3n) is 4.05. The molecule has 21 heavy (non-hydrogen) atoms. The Morgan fingerprint density at radius 2 is 1.81 bits per heavy atom. The molecule has 1 aliphatic carbocycles. The van der Waals surface area contributed by atoms with Crippen molar-refractivity contribution >= 4 is 11.9 Å². The maximum atomic E-state index is 11.9. The highest BCUT2D eigenvalue weighted by molar-refractivity contribution is 5.76. The van der Waals surface area contributed by atoms with Gasteiger partial charge in [-0.05, 0) is 43.7 Å². The molecule has 114 valence electrons. The van der Waals surface area contributed by atoms with E-state index in [9.17, 15) is 14.7 Å². The largest absolute Gasteiger partial charge is 0.508 e. The second-order valence-electron chi connectivity index (χ2n) is 5.58. The van der Waals surface area contributed by atoms with Crippen LogP contribution in [0.1, 0.15) is 37.7 Å². The summed E-state index contributed by atoms with van der Waals surface area (Å²) in [6.07, 6.45) is 3.53. The van der Waals surface area contributed by atoms with Crippen LogP contribution in [0, 0.1) is 5.92 Å². The molecule has 1 aliphatic rings. The first-order valence-electron chi connectivity index (χ1n) is 7.35. The highest BCUT2D eigenvalue weighted by atomic mass is 16.4. The maximum Gasteiger partial charge on any atom is 0.306 e. The summed E-state index contributed by atoms with van der Waals surface area (Å²) in [5.74, 6) is -0.831. The molecule has 0 bridgehead atoms. The number of aliphatic carboxylic acids is 1. The average molecular weight is 291 g/mol. The molecule has 5 nitrogen and oxygen atoms in total. The van der Waals surface area contributed by atoms with E-state index in [1.165, 1.54) is 0 Å². The monoisotopic (exact) mass is 291 g/mol. The summed E-state index contributed by atoms with van der Waals surface area (Å²) in [7, 11) is 0. The van der Waals surface area contributed by atoms with E-state index in [1.54, 1.807) is 18.2 Å². The summed E-state index contributed by atoms with van der Waals surface area (Å²) in [6.45, 7) is 0. The van der Waals surface area contributed by atoms with E-state index in [4.69, 9.17) is 5.11 Å². The Morgan fingerprint density at radius 3 is 2.43 bits per heavy atom. The highest BCUT2D eigenvalue weighted by Gasteiger charge is 2.26. The predicted molar refractivity (Wildman–Crippen MR) is 78.0 cm³/mol. The lowest BCUT2D eigenvalue weighted by atomic mass is 9.86. The van der Waals surface area contributed by atoms with Gasteiger partial charge in [-0.25, -0.2) is 0 Å². The SMILES string of the molecule is O=C(CCc1ccccc1O)NC1CCC(C(=O)O)CC1. The number of benzene rings is 1. The fourth-order valence-corrected chi connectivity index (χ4v) is 2.75. The number of carboxylic acids is 1. The van der Waals surface area contributed by atoms with Crippen LogP contribution in [0.5, 0.6) is 5.75 Å². The molecule has 1 saturated carbocycles. The van der Waals surface area contributed by atoms with Crippen molar-refractivity contribution < 1.29 is 19.8 Å². The van der Waals surface area contributed by atoms with Crippen molar-refractivity contribution in [2.24, 2.45) is 5.92 Å². The van der Waals surface area contributed by atoms with Gasteiger partial charge >= 0.3 is 5.97 Å². The molecular weight excluding hydrogens is 270 g/mol. The Balaban J connectivity index is 1.73. The first kappa shape index (κ1) is 15.4. The first-order valence-corrected chi connectivity index (χ1v) is 7.35. The van der Waals surface area contributed by atoms with Crippen LogP contribution in [-0.4, -0.2) is 28.1 Å². The molecule has 1 fully saturated rings. The molecule has 1 aromatic carbocycles. The topological polar surface area (TPSA) is 86.6 Å². The van der Waals surface area contributed by atoms with E-state index >= 15 is 0 Å². The molecule has 3 N–H and O–H groups in total. The molecule has 0 radical (unpaired) electrons. The number of aryl methyl sites for hydroxylation is 1. The lowest BCUT2D eigenvalue weighted by Crippen LogP contribution is -2.38. The van der Waals surface area contributed by atoms with Crippen molar-refractivity contribution in [2.75, 3.05) is 0 Å². The van der Waals surface area contributed by atoms with Crippen LogP contribution in [0.2, 0.25) is 0 Å². The number of carbonyl (C=O) groups excluding carboxylic acids is 1. The fraction of sp³-hybridized carbons (Fsp3) is 0.500. The molecule has 2 rings (SSSR count). The summed E-state index contributed by atoms with van der Waals surface area (Å²) in [4.78, 5) is 22.8. The van der Waals surface area contributed by atoms with Gasteiger partial charge in [0.1, 0.15) is 5.75 Å². The van der Waals surface area contributed by atoms with Gasteiger partial charge in [0.05, 0.1) is 5.92 Å². The number of para-hydroxylation sites is 1. The molecule has 1 aromatic rings. The Bertz CT molecular complexity index is 507. The zero-order valence-electron chi connectivity index (χ0n) is 11.9. The Kier molecular flexibility index (Phi) is 5.20. The van der Waals surface area contributed by atoms with Crippen LogP contribution in [0.4, 0.5) is 0 Å². The number of nitrogens with one attached hydrogen (secondary N) is 1. The minimum absolute atomic E-state index is 0.0444. The van der Waals surface area contributed by atoms with Crippen LogP contribution < -0.4 is 5.32 Å². The summed E-state index contributed by atoms with van der Waals surface area (Å²) in [5, 5.41) is 21.5. The number of aromatic hydroxyl groups is 1. The van der Waals surface area contributed by atoms with Gasteiger partial charge in [0.15, 0.2) is 0 Å². The number of phenols is 1. The van der Waals surface area contributed by atoms with Crippen LogP contribution in [0.15, 0.2) is 24.3 Å². The second kappa shape index (κ2) is 7.11. The summed E-state index contributed by atoms with van der Waals surface area (Å²) >= 11 is 0. The van der Waals surface area contributed by atoms with E-state index < -0.39 is 5.97 Å². The van der Waals surface area contributed by atoms with Crippen molar-refractivity contribution in [3.63, 3.8) is 0 Å². The molecule has 0 unspecified atom stereocenters. The van der Waals surface area contributed by atoms with Crippen molar-refractivity contribution in [2.45, 2.75) is 44.6 Å². The first-order chi connectivity index (χ1) is 10.1. The van der Waals surface area contributed by atoms with Gasteiger partial charge in [-0.1, -0.05) is 18.2 Å². The normalized spacial score (nSPS) is 21.7. The number of amides is 1. The third-order valence-corrected chi connectivity index (χ3v) is 4.05. The number of hydrogen-bond donors (Lipinski definition) is 3. The third kappa shape index (κ3) is 4.48. The number of carbonyl (C=O) groups is 2. The average Bonchev–Trinajstić information content (AvgIpc) is 2.47. The summed E-state index contributed by atoms with van der Waals surface area (Å²) in [5.41, 5.74) is 0.766. The minimum atomic E-state index is -0.737. The Hall–Kier alpha value is -2.04. The van der Waals surface area contributed by atoms with Gasteiger partial charge in [-0.2, -0.15) is 0 Å². The second-order valence-corrected chi connectivity index (χ2v) is 5.58. The van der Waals surface area contributed by atoms with Gasteiger partial charge in [-0.3, -0.25) is 9.59 Å². The lowest BCUT2D eigenvalue weighted by molar-refractivity contribution is -0.142. The molecule has 0 aliphatic heterocycles. The van der Waals surface area contributed by atoms with Crippen LogP contribution in [0.25, 0.3) is 0 Å². The van der Waals surface area contributed by atoms with Gasteiger partial charge in [0, 0.05) is 12.5 Å². The van der Waals surface area contributed by atoms with Crippen LogP contribution in [0.3, 0.4) is 0 Å². The maximum absolute atomic E-state index is 11.9. The van der Waals surface area contributed by atoms with Gasteiger partial charge in [0.2, 0.25) is 5.91 Å². The zero-order valence-corrected chi connectivity index (χ0v) is 11.9. The molecule has 0 atom stereocenters. The molecule has 1 amide bonds. The van der Waals surface area contributed by atoms with E-state index in [-0.39, 0.29) is 23.6 Å². The fourth-order valence-electron chi connectivity index (χ4n) is 2.75. The molecule has 0 spiro atoms. The molecule has 5 heteroatoms. The smallest absolute Gasteiger partial charge is 0.306 e. The van der Waals surface area contributed by atoms with Crippen molar-refractivity contribution in [1.29, 1.82) is 0 Å². The quantitative estimate of drug-likeness (QED) is 0.775. The zero-order chi connectivity index (χ0) is 15.2. The molecule has 0 saturated heterocycles. The highest BCUT2D eigenvalue weighted by Crippen LogP contribution is 2.24. The van der Waals surface area contributed by atoms with E-state index in [0.29, 0.717) is 25.7 Å². The number of rotatable bonds is 5. The van der Waals surface area contributed by atoms with Gasteiger partial charge in [-0.15, -0.1) is 0 Å². The van der Waals surface area contributed by atoms with Crippen molar-refractivity contribution in [3.8, 4) is 5.75 Å². The minimum Gasteiger partial charge on any atom is -0.508 e. The van der Waals surface area contributed by atoms with Crippen LogP contribution >= 0.6 is 0 Å². The summed E-state index contributed by atoms with van der Waals surface area (Å²) < 4.78 is 0. The molecule has 0 heterocycles. The van der Waals surface area contributed by atoms with Crippen molar-refractivity contribution in [1.82, 2.24) is 5.32 Å². The number of phenolic OH excluding ortho intramolecular Hbond substituents is 1. The van der Waals surface area contributed by atoms with Gasteiger partial charge < -0.3 is 15.5 Å². The lowest BCUT2D eigenvalue weighted by Gasteiger charge is -2.26. The molecular formula is C16H21NO4. The van der Waals surface area contributed by atoms with Crippen molar-refractivity contribution in [3.05, 3.63) is 29.8 Å². The van der Waals surface area contributed by atoms with E-state index in [0.717, 1.165) is 18.4 Å². The standard InChI is InChI=1S/C16H21NO4/c18-14-4-2-1-3-11(14)7-10-15(19)17-13-8-5-12(6-9-13)16(20)21/h1-4,12-13,18H,5-10H2,(H,17,19)(H,20,21). The van der Waals surface area contributed by atoms with E-state index in [2.05, 4.69) is 5.32 Å². The van der Waals surface area contributed by atoms with E-state index in [1.807, 2.05) is 6.07 Å². The van der Waals surface area contributed by atoms with Gasteiger partial charge in [0.25, 0.3) is 0 Å². The van der Waals surface area contributed by atoms with Crippen LogP contribution in [-0.2, 0) is 16.0 Å². The summed E-state index contributed by atoms with van der Waals surface area (Å²) in [6, 6.07) is 7.08. The number of hydrogen-bond acceptors (Lipinski definition) is 3. The predicted octanol–water partition coefficient (Wildman–Crippen LogP) is 2.08. The Labute approximate surface area is 124 Å². The molecule has 0 aromatic heterocycles. The Morgan fingerprint density at radius 1 is 1.14 bits per heavy atom.